The minimum absolute atomic E-state index is 0.0794. The van der Waals surface area contributed by atoms with Gasteiger partial charge in [-0.05, 0) is 35.2 Å². The highest BCUT2D eigenvalue weighted by Crippen LogP contribution is 2.34. The highest BCUT2D eigenvalue weighted by atomic mass is 32.1. The molecule has 0 atom stereocenters. The van der Waals surface area contributed by atoms with Crippen molar-refractivity contribution in [3.05, 3.63) is 71.8 Å². The Morgan fingerprint density at radius 3 is 2.00 bits per heavy atom. The summed E-state index contributed by atoms with van der Waals surface area (Å²) in [5, 5.41) is 7.46. The molecule has 0 saturated carbocycles. The van der Waals surface area contributed by atoms with Gasteiger partial charge < -0.3 is 10.5 Å². The number of carbonyl (C=O) groups is 1. The van der Waals surface area contributed by atoms with Gasteiger partial charge in [-0.15, -0.1) is 11.3 Å². The fourth-order valence-electron chi connectivity index (χ4n) is 2.65. The summed E-state index contributed by atoms with van der Waals surface area (Å²) in [7, 11) is 1.41. The average Bonchev–Trinajstić information content (AvgIpc) is 3.16. The first kappa shape index (κ1) is 17.9. The van der Waals surface area contributed by atoms with Crippen LogP contribution in [0.3, 0.4) is 0 Å². The molecule has 3 aromatic rings. The van der Waals surface area contributed by atoms with E-state index in [2.05, 4.69) is 41.1 Å². The summed E-state index contributed by atoms with van der Waals surface area (Å²) in [4.78, 5) is 13.6. The Balaban J connectivity index is 1.73. The van der Waals surface area contributed by atoms with Crippen LogP contribution in [0.2, 0.25) is 0 Å². The van der Waals surface area contributed by atoms with Crippen LogP contribution in [0.25, 0.3) is 20.9 Å². The summed E-state index contributed by atoms with van der Waals surface area (Å²) >= 11 is 1.72. The van der Waals surface area contributed by atoms with E-state index in [1.165, 1.54) is 16.9 Å². The van der Waals surface area contributed by atoms with Crippen LogP contribution in [-0.4, -0.2) is 18.9 Å². The number of thiophene rings is 1. The first-order valence-electron chi connectivity index (χ1n) is 8.27. The summed E-state index contributed by atoms with van der Waals surface area (Å²) in [6, 6.07) is 20.2. The monoisotopic (exact) mass is 364 g/mol. The number of nitrogens with one attached hydrogen (secondary N) is 1. The number of carbonyl (C=O) groups excluding carboxylic acids is 1. The van der Waals surface area contributed by atoms with E-state index in [0.29, 0.717) is 12.8 Å². The minimum Gasteiger partial charge on any atom is -0.469 e. The Kier molecular flexibility index (Phi) is 5.49. The standard InChI is InChI=1S/C21H20N2O2S/c1-25-20(24)13-4-14-2-5-15(6-3-14)18-11-12-19(26-18)16-7-9-17(10-8-16)21(22)23/h2-3,5-12H,4,13H2,1H3,(H3,22,23). The number of methoxy groups -OCH3 is 1. The van der Waals surface area contributed by atoms with Crippen LogP contribution in [0.15, 0.2) is 60.7 Å². The molecule has 1 heterocycles. The van der Waals surface area contributed by atoms with Gasteiger partial charge in [0.25, 0.3) is 0 Å². The molecule has 2 aromatic carbocycles. The quantitative estimate of drug-likeness (QED) is 0.385. The molecule has 3 rings (SSSR count). The number of nitrogen functional groups attached to an aromatic ring is 1. The number of esters is 1. The van der Waals surface area contributed by atoms with Gasteiger partial charge in [-0.3, -0.25) is 10.2 Å². The Morgan fingerprint density at radius 1 is 0.962 bits per heavy atom. The third-order valence-corrected chi connectivity index (χ3v) is 5.35. The zero-order valence-electron chi connectivity index (χ0n) is 14.5. The van der Waals surface area contributed by atoms with Gasteiger partial charge in [0.2, 0.25) is 0 Å². The lowest BCUT2D eigenvalue weighted by Gasteiger charge is -2.03. The fraction of sp³-hybridized carbons (Fsp3) is 0.143. The van der Waals surface area contributed by atoms with Gasteiger partial charge >= 0.3 is 5.97 Å². The van der Waals surface area contributed by atoms with Crippen LogP contribution in [-0.2, 0) is 16.0 Å². The van der Waals surface area contributed by atoms with E-state index in [4.69, 9.17) is 11.1 Å². The van der Waals surface area contributed by atoms with E-state index < -0.39 is 0 Å². The SMILES string of the molecule is COC(=O)CCc1ccc(-c2ccc(-c3ccc(C(=N)N)cc3)s2)cc1. The normalized spacial score (nSPS) is 10.5. The molecule has 0 saturated heterocycles. The number of amidine groups is 1. The molecular formula is C21H20N2O2S. The predicted octanol–water partition coefficient (Wildman–Crippen LogP) is 4.47. The van der Waals surface area contributed by atoms with Gasteiger partial charge in [-0.1, -0.05) is 48.5 Å². The molecule has 1 aromatic heterocycles. The smallest absolute Gasteiger partial charge is 0.305 e. The highest BCUT2D eigenvalue weighted by Gasteiger charge is 2.07. The van der Waals surface area contributed by atoms with Crippen molar-refractivity contribution in [3.8, 4) is 20.9 Å². The van der Waals surface area contributed by atoms with Gasteiger partial charge in [-0.2, -0.15) is 0 Å². The van der Waals surface area contributed by atoms with Crippen molar-refractivity contribution in [2.45, 2.75) is 12.8 Å². The summed E-state index contributed by atoms with van der Waals surface area (Å²) < 4.78 is 4.67. The molecule has 0 fully saturated rings. The van der Waals surface area contributed by atoms with Crippen molar-refractivity contribution in [2.24, 2.45) is 5.73 Å². The Morgan fingerprint density at radius 2 is 1.50 bits per heavy atom. The van der Waals surface area contributed by atoms with Crippen LogP contribution < -0.4 is 5.73 Å². The third kappa shape index (κ3) is 4.18. The summed E-state index contributed by atoms with van der Waals surface area (Å²) in [6.45, 7) is 0. The van der Waals surface area contributed by atoms with Crippen LogP contribution in [0.1, 0.15) is 17.5 Å². The predicted molar refractivity (Wildman–Crippen MR) is 107 cm³/mol. The Bertz CT molecular complexity index is 912. The molecule has 0 unspecified atom stereocenters. The number of ether oxygens (including phenoxy) is 1. The van der Waals surface area contributed by atoms with Crippen molar-refractivity contribution in [1.82, 2.24) is 0 Å². The molecule has 0 amide bonds. The first-order chi connectivity index (χ1) is 12.6. The van der Waals surface area contributed by atoms with Crippen LogP contribution in [0, 0.1) is 5.41 Å². The van der Waals surface area contributed by atoms with E-state index >= 15 is 0 Å². The van der Waals surface area contributed by atoms with Crippen molar-refractivity contribution in [2.75, 3.05) is 7.11 Å². The number of hydrogen-bond donors (Lipinski definition) is 2. The minimum atomic E-state index is -0.187. The maximum Gasteiger partial charge on any atom is 0.305 e. The number of rotatable bonds is 6. The summed E-state index contributed by atoms with van der Waals surface area (Å²) in [5.41, 5.74) is 9.62. The molecule has 0 spiro atoms. The van der Waals surface area contributed by atoms with Crippen LogP contribution in [0.4, 0.5) is 0 Å². The average molecular weight is 364 g/mol. The molecule has 0 aliphatic heterocycles. The molecule has 4 nitrogen and oxygen atoms in total. The van der Waals surface area contributed by atoms with E-state index in [9.17, 15) is 4.79 Å². The molecule has 132 valence electrons. The van der Waals surface area contributed by atoms with Crippen molar-refractivity contribution in [1.29, 1.82) is 5.41 Å². The van der Waals surface area contributed by atoms with Crippen LogP contribution >= 0.6 is 11.3 Å². The third-order valence-electron chi connectivity index (χ3n) is 4.17. The Hall–Kier alpha value is -2.92. The van der Waals surface area contributed by atoms with Crippen molar-refractivity contribution >= 4 is 23.1 Å². The highest BCUT2D eigenvalue weighted by molar-refractivity contribution is 7.18. The first-order valence-corrected chi connectivity index (χ1v) is 9.09. The zero-order valence-corrected chi connectivity index (χ0v) is 15.3. The van der Waals surface area contributed by atoms with Crippen LogP contribution in [0.5, 0.6) is 0 Å². The zero-order chi connectivity index (χ0) is 18.5. The molecule has 3 N–H and O–H groups in total. The molecule has 0 aliphatic rings. The lowest BCUT2D eigenvalue weighted by atomic mass is 10.1. The second-order valence-electron chi connectivity index (χ2n) is 5.93. The maximum atomic E-state index is 11.2. The molecule has 26 heavy (non-hydrogen) atoms. The lowest BCUT2D eigenvalue weighted by molar-refractivity contribution is -0.140. The van der Waals surface area contributed by atoms with Crippen molar-refractivity contribution < 1.29 is 9.53 Å². The van der Waals surface area contributed by atoms with Crippen molar-refractivity contribution in [3.63, 3.8) is 0 Å². The van der Waals surface area contributed by atoms with Gasteiger partial charge in [0.15, 0.2) is 0 Å². The van der Waals surface area contributed by atoms with E-state index in [1.54, 1.807) is 11.3 Å². The molecule has 5 heteroatoms. The van der Waals surface area contributed by atoms with E-state index in [1.807, 2.05) is 24.3 Å². The summed E-state index contributed by atoms with van der Waals surface area (Å²) in [5.74, 6) is -0.108. The van der Waals surface area contributed by atoms with E-state index in [0.717, 1.165) is 22.3 Å². The van der Waals surface area contributed by atoms with Gasteiger partial charge in [-0.25, -0.2) is 0 Å². The number of nitrogens with two attached hydrogens (primary N) is 1. The lowest BCUT2D eigenvalue weighted by Crippen LogP contribution is -2.10. The van der Waals surface area contributed by atoms with Gasteiger partial charge in [0.1, 0.15) is 5.84 Å². The number of hydrogen-bond acceptors (Lipinski definition) is 4. The summed E-state index contributed by atoms with van der Waals surface area (Å²) in [6.07, 6.45) is 1.08. The molecular weight excluding hydrogens is 344 g/mol. The maximum absolute atomic E-state index is 11.2. The fourth-order valence-corrected chi connectivity index (χ4v) is 3.66. The Labute approximate surface area is 156 Å². The molecule has 0 bridgehead atoms. The topological polar surface area (TPSA) is 76.2 Å². The molecule has 0 radical (unpaired) electrons. The molecule has 0 aliphatic carbocycles. The van der Waals surface area contributed by atoms with Gasteiger partial charge in [0.05, 0.1) is 7.11 Å². The van der Waals surface area contributed by atoms with Gasteiger partial charge in [0, 0.05) is 21.7 Å². The largest absolute Gasteiger partial charge is 0.469 e. The second-order valence-corrected chi connectivity index (χ2v) is 7.01. The second kappa shape index (κ2) is 7.97. The number of benzene rings is 2. The van der Waals surface area contributed by atoms with E-state index in [-0.39, 0.29) is 11.8 Å². The number of aryl methyl sites for hydroxylation is 1.